The molecule has 1 aliphatic rings. The predicted molar refractivity (Wildman–Crippen MR) is 85.2 cm³/mol. The Morgan fingerprint density at radius 2 is 2.14 bits per heavy atom. The zero-order valence-electron chi connectivity index (χ0n) is 12.7. The Kier molecular flexibility index (Phi) is 5.01. The minimum atomic E-state index is 0.641. The van der Waals surface area contributed by atoms with Gasteiger partial charge in [-0.15, -0.1) is 10.2 Å². The fraction of sp³-hybridized carbons (Fsp3) is 0.571. The van der Waals surface area contributed by atoms with E-state index in [0.717, 1.165) is 61.5 Å². The molecule has 0 bridgehead atoms. The van der Waals surface area contributed by atoms with E-state index in [2.05, 4.69) is 15.1 Å². The lowest BCUT2D eigenvalue weighted by atomic mass is 10.2. The van der Waals surface area contributed by atoms with Crippen LogP contribution in [0.5, 0.6) is 0 Å². The first-order valence-corrected chi connectivity index (χ1v) is 8.42. The first-order chi connectivity index (χ1) is 10.8. The summed E-state index contributed by atoms with van der Waals surface area (Å²) in [6.45, 7) is 6.72. The molecule has 1 fully saturated rings. The van der Waals surface area contributed by atoms with Gasteiger partial charge in [0.2, 0.25) is 5.16 Å². The number of ether oxygens (including phenoxy) is 1. The smallest absolute Gasteiger partial charge is 0.210 e. The second-order valence-corrected chi connectivity index (χ2v) is 6.28. The minimum Gasteiger partial charge on any atom is -0.469 e. The van der Waals surface area contributed by atoms with E-state index in [1.807, 2.05) is 13.0 Å². The van der Waals surface area contributed by atoms with Gasteiger partial charge in [0, 0.05) is 18.8 Å². The lowest BCUT2D eigenvalue weighted by molar-refractivity contribution is 0.0381. The monoisotopic (exact) mass is 323 g/mol. The van der Waals surface area contributed by atoms with Crippen LogP contribution < -0.4 is 5.84 Å². The van der Waals surface area contributed by atoms with Crippen LogP contribution in [0.25, 0.3) is 11.4 Å². The lowest BCUT2D eigenvalue weighted by Gasteiger charge is -2.26. The molecule has 2 aromatic rings. The molecular weight excluding hydrogens is 302 g/mol. The van der Waals surface area contributed by atoms with Crippen molar-refractivity contribution in [1.29, 1.82) is 0 Å². The van der Waals surface area contributed by atoms with Crippen molar-refractivity contribution in [1.82, 2.24) is 19.8 Å². The van der Waals surface area contributed by atoms with Crippen molar-refractivity contribution in [2.75, 3.05) is 44.4 Å². The van der Waals surface area contributed by atoms with Crippen molar-refractivity contribution in [3.8, 4) is 11.4 Å². The first-order valence-electron chi connectivity index (χ1n) is 7.43. The molecule has 0 radical (unpaired) electrons. The number of rotatable bonds is 6. The summed E-state index contributed by atoms with van der Waals surface area (Å²) in [5.41, 5.74) is 0.884. The number of nitrogens with two attached hydrogens (primary N) is 1. The third-order valence-corrected chi connectivity index (χ3v) is 4.75. The van der Waals surface area contributed by atoms with Crippen LogP contribution in [0.3, 0.4) is 0 Å². The topological polar surface area (TPSA) is 82.3 Å². The number of aryl methyl sites for hydroxylation is 1. The highest BCUT2D eigenvalue weighted by Crippen LogP contribution is 2.25. The molecule has 7 nitrogen and oxygen atoms in total. The lowest BCUT2D eigenvalue weighted by Crippen LogP contribution is -2.37. The number of morpholine rings is 1. The maximum Gasteiger partial charge on any atom is 0.210 e. The zero-order chi connectivity index (χ0) is 15.4. The van der Waals surface area contributed by atoms with Crippen LogP contribution in [-0.4, -0.2) is 58.4 Å². The van der Waals surface area contributed by atoms with Crippen LogP contribution in [0.2, 0.25) is 0 Å². The van der Waals surface area contributed by atoms with Crippen molar-refractivity contribution in [2.24, 2.45) is 0 Å². The average Bonchev–Trinajstić information content (AvgIpc) is 3.11. The van der Waals surface area contributed by atoms with Crippen molar-refractivity contribution in [2.45, 2.75) is 18.5 Å². The molecule has 2 aromatic heterocycles. The number of thioether (sulfide) groups is 1. The molecule has 0 aromatic carbocycles. The Labute approximate surface area is 133 Å². The van der Waals surface area contributed by atoms with Gasteiger partial charge in [-0.2, -0.15) is 0 Å². The highest BCUT2D eigenvalue weighted by atomic mass is 32.2. The number of hydrogen-bond donors (Lipinski definition) is 1. The SMILES string of the molecule is Cc1occc1-c1nnc(SCCCN2CCOCC2)n1N. The van der Waals surface area contributed by atoms with E-state index in [1.165, 1.54) is 4.68 Å². The van der Waals surface area contributed by atoms with Crippen molar-refractivity contribution >= 4 is 11.8 Å². The molecular formula is C14H21N5O2S. The van der Waals surface area contributed by atoms with Gasteiger partial charge < -0.3 is 15.0 Å². The van der Waals surface area contributed by atoms with Crippen LogP contribution >= 0.6 is 11.8 Å². The van der Waals surface area contributed by atoms with Gasteiger partial charge >= 0.3 is 0 Å². The Bertz CT molecular complexity index is 606. The summed E-state index contributed by atoms with van der Waals surface area (Å²) < 4.78 is 12.2. The van der Waals surface area contributed by atoms with Crippen LogP contribution in [0.4, 0.5) is 0 Å². The molecule has 1 aliphatic heterocycles. The molecule has 0 atom stereocenters. The number of furan rings is 1. The first kappa shape index (κ1) is 15.4. The zero-order valence-corrected chi connectivity index (χ0v) is 13.5. The van der Waals surface area contributed by atoms with E-state index < -0.39 is 0 Å². The molecule has 3 rings (SSSR count). The van der Waals surface area contributed by atoms with E-state index >= 15 is 0 Å². The van der Waals surface area contributed by atoms with Gasteiger partial charge in [-0.3, -0.25) is 4.90 Å². The molecule has 0 saturated carbocycles. The van der Waals surface area contributed by atoms with Crippen molar-refractivity contribution in [3.63, 3.8) is 0 Å². The standard InChI is InChI=1S/C14H21N5O2S/c1-11-12(3-7-21-11)13-16-17-14(19(13)15)22-10-2-4-18-5-8-20-9-6-18/h3,7H,2,4-6,8-10,15H2,1H3. The Morgan fingerprint density at radius 3 is 2.86 bits per heavy atom. The van der Waals surface area contributed by atoms with Gasteiger partial charge in [-0.25, -0.2) is 4.68 Å². The fourth-order valence-corrected chi connectivity index (χ4v) is 3.23. The molecule has 0 aliphatic carbocycles. The van der Waals surface area contributed by atoms with E-state index in [-0.39, 0.29) is 0 Å². The molecule has 22 heavy (non-hydrogen) atoms. The third-order valence-electron chi connectivity index (χ3n) is 3.72. The van der Waals surface area contributed by atoms with Gasteiger partial charge in [0.25, 0.3) is 0 Å². The second-order valence-electron chi connectivity index (χ2n) is 5.22. The average molecular weight is 323 g/mol. The van der Waals surface area contributed by atoms with E-state index in [1.54, 1.807) is 18.0 Å². The molecule has 3 heterocycles. The second kappa shape index (κ2) is 7.17. The quantitative estimate of drug-likeness (QED) is 0.488. The third kappa shape index (κ3) is 3.45. The summed E-state index contributed by atoms with van der Waals surface area (Å²) in [4.78, 5) is 2.43. The molecule has 2 N–H and O–H groups in total. The van der Waals surface area contributed by atoms with E-state index in [9.17, 15) is 0 Å². The van der Waals surface area contributed by atoms with Crippen LogP contribution in [0.1, 0.15) is 12.2 Å². The molecule has 0 unspecified atom stereocenters. The maximum atomic E-state index is 6.09. The van der Waals surface area contributed by atoms with Crippen LogP contribution in [0, 0.1) is 6.92 Å². The Morgan fingerprint density at radius 1 is 1.32 bits per heavy atom. The summed E-state index contributed by atoms with van der Waals surface area (Å²) in [6.07, 6.45) is 2.73. The summed E-state index contributed by atoms with van der Waals surface area (Å²) in [7, 11) is 0. The van der Waals surface area contributed by atoms with Crippen molar-refractivity contribution in [3.05, 3.63) is 18.1 Å². The highest BCUT2D eigenvalue weighted by molar-refractivity contribution is 7.99. The van der Waals surface area contributed by atoms with Gasteiger partial charge in [-0.1, -0.05) is 11.8 Å². The number of nitrogen functional groups attached to an aromatic ring is 1. The molecule has 120 valence electrons. The van der Waals surface area contributed by atoms with Gasteiger partial charge in [0.05, 0.1) is 25.0 Å². The van der Waals surface area contributed by atoms with Gasteiger partial charge in [0.1, 0.15) is 5.76 Å². The minimum absolute atomic E-state index is 0.641. The summed E-state index contributed by atoms with van der Waals surface area (Å²) in [6, 6.07) is 1.86. The van der Waals surface area contributed by atoms with E-state index in [0.29, 0.717) is 5.82 Å². The largest absolute Gasteiger partial charge is 0.469 e. The molecule has 0 amide bonds. The van der Waals surface area contributed by atoms with Crippen molar-refractivity contribution < 1.29 is 9.15 Å². The molecule has 0 spiro atoms. The van der Waals surface area contributed by atoms with Gasteiger partial charge in [0.15, 0.2) is 5.82 Å². The number of hydrogen-bond acceptors (Lipinski definition) is 7. The Balaban J connectivity index is 1.51. The summed E-state index contributed by atoms with van der Waals surface area (Å²) in [5, 5.41) is 9.07. The molecule has 8 heteroatoms. The van der Waals surface area contributed by atoms with Gasteiger partial charge in [-0.05, 0) is 26.0 Å². The summed E-state index contributed by atoms with van der Waals surface area (Å²) >= 11 is 1.64. The molecule has 1 saturated heterocycles. The highest BCUT2D eigenvalue weighted by Gasteiger charge is 2.16. The fourth-order valence-electron chi connectivity index (χ4n) is 2.45. The van der Waals surface area contributed by atoms with Crippen LogP contribution in [0.15, 0.2) is 21.9 Å². The number of nitrogens with zero attached hydrogens (tertiary/aromatic N) is 4. The van der Waals surface area contributed by atoms with Crippen LogP contribution in [-0.2, 0) is 4.74 Å². The Hall–Kier alpha value is -1.51. The van der Waals surface area contributed by atoms with E-state index in [4.69, 9.17) is 15.0 Å². The summed E-state index contributed by atoms with van der Waals surface area (Å²) in [5.74, 6) is 8.50. The normalized spacial score (nSPS) is 16.2. The maximum absolute atomic E-state index is 6.09. The number of aromatic nitrogens is 3. The predicted octanol–water partition coefficient (Wildman–Crippen LogP) is 1.37.